The molecule has 0 saturated carbocycles. The fraction of sp³-hybridized carbons (Fsp3) is 0.241. The molecular formula is C29H26F2N4O4. The van der Waals surface area contributed by atoms with Crippen molar-refractivity contribution >= 4 is 28.5 Å². The standard InChI is InChI=1S/C29H26F2N4O4/c1-39-19-10-11-21-23(12-19)33-26-24(13-36)35(28(38)32-18-8-6-17(30)7-9-18)16-29(25(21)26)14-34(15-29)27(37)20-4-2-3-5-22(20)31/h2-12,24,33,36H,13-16H2,1H3,(H,32,38)/t24-/m0/s1. The van der Waals surface area contributed by atoms with Gasteiger partial charge in [-0.3, -0.25) is 4.79 Å². The number of H-pyrrole nitrogens is 1. The van der Waals surface area contributed by atoms with Crippen molar-refractivity contribution in [3.05, 3.63) is 95.2 Å². The lowest BCUT2D eigenvalue weighted by atomic mass is 9.68. The molecule has 3 amide bonds. The average molecular weight is 533 g/mol. The monoisotopic (exact) mass is 532 g/mol. The van der Waals surface area contributed by atoms with Crippen molar-refractivity contribution in [3.8, 4) is 5.75 Å². The maximum Gasteiger partial charge on any atom is 0.322 e. The highest BCUT2D eigenvalue weighted by atomic mass is 19.1. The Morgan fingerprint density at radius 1 is 1.08 bits per heavy atom. The van der Waals surface area contributed by atoms with Gasteiger partial charge in [-0.15, -0.1) is 0 Å². The second-order valence-electron chi connectivity index (χ2n) is 10.0. The van der Waals surface area contributed by atoms with Crippen LogP contribution < -0.4 is 10.1 Å². The van der Waals surface area contributed by atoms with E-state index in [2.05, 4.69) is 10.3 Å². The topological polar surface area (TPSA) is 97.9 Å². The molecule has 0 radical (unpaired) electrons. The predicted octanol–water partition coefficient (Wildman–Crippen LogP) is 4.43. The molecule has 8 nitrogen and oxygen atoms in total. The van der Waals surface area contributed by atoms with Gasteiger partial charge in [0.1, 0.15) is 17.4 Å². The third-order valence-electron chi connectivity index (χ3n) is 7.66. The molecule has 3 heterocycles. The van der Waals surface area contributed by atoms with Crippen LogP contribution in [0, 0.1) is 11.6 Å². The van der Waals surface area contributed by atoms with Crippen LogP contribution in [0.4, 0.5) is 19.3 Å². The normalized spacial score (nSPS) is 17.6. The molecule has 200 valence electrons. The number of rotatable bonds is 4. The van der Waals surface area contributed by atoms with E-state index < -0.39 is 35.0 Å². The van der Waals surface area contributed by atoms with Gasteiger partial charge in [0.05, 0.1) is 30.7 Å². The van der Waals surface area contributed by atoms with Crippen molar-refractivity contribution in [2.45, 2.75) is 11.5 Å². The molecule has 0 unspecified atom stereocenters. The number of aromatic amines is 1. The number of amides is 3. The van der Waals surface area contributed by atoms with Crippen LogP contribution in [-0.4, -0.2) is 65.2 Å². The Morgan fingerprint density at radius 2 is 1.82 bits per heavy atom. The zero-order valence-electron chi connectivity index (χ0n) is 21.1. The number of aromatic nitrogens is 1. The molecule has 2 aliphatic heterocycles. The van der Waals surface area contributed by atoms with Crippen LogP contribution in [0.2, 0.25) is 0 Å². The van der Waals surface area contributed by atoms with Gasteiger partial charge in [0.2, 0.25) is 0 Å². The summed E-state index contributed by atoms with van der Waals surface area (Å²) < 4.78 is 33.2. The van der Waals surface area contributed by atoms with Crippen molar-refractivity contribution in [1.29, 1.82) is 0 Å². The molecule has 0 bridgehead atoms. The molecule has 1 saturated heterocycles. The number of carbonyl (C=O) groups is 2. The first-order valence-electron chi connectivity index (χ1n) is 12.5. The first kappa shape index (κ1) is 24.9. The zero-order valence-corrected chi connectivity index (χ0v) is 21.1. The molecule has 4 aromatic rings. The average Bonchev–Trinajstić information content (AvgIpc) is 3.31. The van der Waals surface area contributed by atoms with Gasteiger partial charge in [0, 0.05) is 48.0 Å². The second kappa shape index (κ2) is 9.39. The highest BCUT2D eigenvalue weighted by Crippen LogP contribution is 2.49. The molecule has 6 rings (SSSR count). The Balaban J connectivity index is 1.39. The number of anilines is 1. The number of likely N-dealkylation sites (tertiary alicyclic amines) is 1. The van der Waals surface area contributed by atoms with Crippen LogP contribution in [0.3, 0.4) is 0 Å². The lowest BCUT2D eigenvalue weighted by Crippen LogP contribution is -2.68. The molecule has 2 aliphatic rings. The number of methoxy groups -OCH3 is 1. The summed E-state index contributed by atoms with van der Waals surface area (Å²) in [7, 11) is 1.57. The number of fused-ring (bicyclic) bond motifs is 4. The summed E-state index contributed by atoms with van der Waals surface area (Å²) in [4.78, 5) is 33.2. The van der Waals surface area contributed by atoms with Crippen molar-refractivity contribution in [2.24, 2.45) is 0 Å². The van der Waals surface area contributed by atoms with Crippen molar-refractivity contribution in [2.75, 3.05) is 38.7 Å². The van der Waals surface area contributed by atoms with E-state index in [1.54, 1.807) is 18.1 Å². The zero-order chi connectivity index (χ0) is 27.3. The molecule has 3 aromatic carbocycles. The number of carbonyl (C=O) groups excluding carboxylic acids is 2. The Hall–Kier alpha value is -4.44. The summed E-state index contributed by atoms with van der Waals surface area (Å²) >= 11 is 0. The smallest absolute Gasteiger partial charge is 0.322 e. The number of aliphatic hydroxyl groups is 1. The lowest BCUT2D eigenvalue weighted by Gasteiger charge is -2.56. The lowest BCUT2D eigenvalue weighted by molar-refractivity contribution is 0.0134. The van der Waals surface area contributed by atoms with E-state index in [0.717, 1.165) is 16.5 Å². The highest BCUT2D eigenvalue weighted by Gasteiger charge is 2.55. The number of aliphatic hydroxyl groups excluding tert-OH is 1. The van der Waals surface area contributed by atoms with Gasteiger partial charge in [-0.1, -0.05) is 12.1 Å². The first-order valence-corrected chi connectivity index (χ1v) is 12.5. The van der Waals surface area contributed by atoms with Gasteiger partial charge in [0.15, 0.2) is 0 Å². The van der Waals surface area contributed by atoms with Crippen molar-refractivity contribution in [1.82, 2.24) is 14.8 Å². The number of urea groups is 1. The molecule has 1 atom stereocenters. The molecule has 1 aromatic heterocycles. The van der Waals surface area contributed by atoms with Crippen LogP contribution >= 0.6 is 0 Å². The molecule has 3 N–H and O–H groups in total. The summed E-state index contributed by atoms with van der Waals surface area (Å²) in [5.74, 6) is -0.794. The number of halogens is 2. The summed E-state index contributed by atoms with van der Waals surface area (Å²) in [6, 6.07) is 15.7. The van der Waals surface area contributed by atoms with E-state index in [1.165, 1.54) is 47.4 Å². The number of nitrogens with zero attached hydrogens (tertiary/aromatic N) is 2. The molecule has 0 aliphatic carbocycles. The molecule has 1 spiro atoms. The molecule has 1 fully saturated rings. The molecule has 39 heavy (non-hydrogen) atoms. The minimum absolute atomic E-state index is 0.00816. The van der Waals surface area contributed by atoms with Gasteiger partial charge in [-0.05, 0) is 54.1 Å². The number of benzene rings is 3. The SMILES string of the molecule is COc1ccc2c3c([nH]c2c1)[C@H](CO)N(C(=O)Nc1ccc(F)cc1)CC31CN(C(=O)c2ccccc2F)C1. The van der Waals surface area contributed by atoms with Crippen molar-refractivity contribution in [3.63, 3.8) is 0 Å². The second-order valence-corrected chi connectivity index (χ2v) is 10.0. The van der Waals surface area contributed by atoms with Crippen LogP contribution in [0.25, 0.3) is 10.9 Å². The minimum Gasteiger partial charge on any atom is -0.497 e. The summed E-state index contributed by atoms with van der Waals surface area (Å²) in [5, 5.41) is 14.1. The number of hydrogen-bond donors (Lipinski definition) is 3. The van der Waals surface area contributed by atoms with Crippen LogP contribution in [0.15, 0.2) is 66.7 Å². The largest absolute Gasteiger partial charge is 0.497 e. The predicted molar refractivity (Wildman–Crippen MR) is 141 cm³/mol. The number of ether oxygens (including phenoxy) is 1. The maximum atomic E-state index is 14.4. The van der Waals surface area contributed by atoms with Crippen LogP contribution in [0.1, 0.15) is 27.7 Å². The Kier molecular flexibility index (Phi) is 5.99. The van der Waals surface area contributed by atoms with E-state index in [9.17, 15) is 23.5 Å². The third kappa shape index (κ3) is 4.08. The first-order chi connectivity index (χ1) is 18.8. The van der Waals surface area contributed by atoms with Gasteiger partial charge < -0.3 is 29.9 Å². The van der Waals surface area contributed by atoms with Crippen molar-refractivity contribution < 1.29 is 28.2 Å². The van der Waals surface area contributed by atoms with Crippen LogP contribution in [-0.2, 0) is 5.41 Å². The fourth-order valence-electron chi connectivity index (χ4n) is 5.84. The van der Waals surface area contributed by atoms with Gasteiger partial charge in [-0.25, -0.2) is 13.6 Å². The third-order valence-corrected chi connectivity index (χ3v) is 7.66. The minimum atomic E-state index is -0.694. The van der Waals surface area contributed by atoms with E-state index in [0.29, 0.717) is 17.1 Å². The van der Waals surface area contributed by atoms with E-state index in [4.69, 9.17) is 4.74 Å². The number of hydrogen-bond acceptors (Lipinski definition) is 4. The Labute approximate surface area is 222 Å². The Bertz CT molecular complexity index is 1580. The van der Waals surface area contributed by atoms with E-state index in [1.807, 2.05) is 18.2 Å². The van der Waals surface area contributed by atoms with E-state index in [-0.39, 0.29) is 31.8 Å². The van der Waals surface area contributed by atoms with Gasteiger partial charge in [-0.2, -0.15) is 0 Å². The highest BCUT2D eigenvalue weighted by molar-refractivity contribution is 5.97. The number of nitrogens with one attached hydrogen (secondary N) is 2. The Morgan fingerprint density at radius 3 is 2.51 bits per heavy atom. The van der Waals surface area contributed by atoms with Crippen LogP contribution in [0.5, 0.6) is 5.75 Å². The van der Waals surface area contributed by atoms with Gasteiger partial charge >= 0.3 is 6.03 Å². The summed E-state index contributed by atoms with van der Waals surface area (Å²) in [6.45, 7) is 0.370. The van der Waals surface area contributed by atoms with Gasteiger partial charge in [0.25, 0.3) is 5.91 Å². The molecule has 10 heteroatoms. The quantitative estimate of drug-likeness (QED) is 0.362. The maximum absolute atomic E-state index is 14.4. The van der Waals surface area contributed by atoms with E-state index >= 15 is 0 Å². The fourth-order valence-corrected chi connectivity index (χ4v) is 5.84. The summed E-state index contributed by atoms with van der Waals surface area (Å²) in [5.41, 5.74) is 2.10. The summed E-state index contributed by atoms with van der Waals surface area (Å²) in [6.07, 6.45) is 0. The molecular weight excluding hydrogens is 506 g/mol.